The lowest BCUT2D eigenvalue weighted by atomic mass is 10.1. The molecular weight excluding hydrogens is 296 g/mol. The van der Waals surface area contributed by atoms with Gasteiger partial charge in [-0.3, -0.25) is 4.90 Å². The number of aryl methyl sites for hydroxylation is 1. The highest BCUT2D eigenvalue weighted by Gasteiger charge is 2.20. The second-order valence-electron chi connectivity index (χ2n) is 4.64. The molecule has 0 atom stereocenters. The van der Waals surface area contributed by atoms with E-state index in [4.69, 9.17) is 5.11 Å². The van der Waals surface area contributed by atoms with Crippen molar-refractivity contribution in [2.75, 3.05) is 26.2 Å². The molecule has 0 aromatic heterocycles. The minimum absolute atomic E-state index is 0.596. The van der Waals surface area contributed by atoms with Gasteiger partial charge >= 0.3 is 6.09 Å². The van der Waals surface area contributed by atoms with E-state index < -0.39 is 6.09 Å². The molecule has 0 bridgehead atoms. The molecule has 2 rings (SSSR count). The van der Waals surface area contributed by atoms with Crippen molar-refractivity contribution >= 4 is 22.0 Å². The molecular formula is C13H17BrN2O2. The van der Waals surface area contributed by atoms with Crippen molar-refractivity contribution < 1.29 is 9.90 Å². The van der Waals surface area contributed by atoms with Gasteiger partial charge in [0.25, 0.3) is 0 Å². The molecule has 1 aliphatic rings. The van der Waals surface area contributed by atoms with Gasteiger partial charge in [0.15, 0.2) is 0 Å². The number of nitrogens with zero attached hydrogens (tertiary/aromatic N) is 2. The topological polar surface area (TPSA) is 43.8 Å². The molecule has 18 heavy (non-hydrogen) atoms. The Morgan fingerprint density at radius 2 is 2.00 bits per heavy atom. The number of piperazine rings is 1. The Hall–Kier alpha value is -1.07. The minimum Gasteiger partial charge on any atom is -0.465 e. The van der Waals surface area contributed by atoms with Crippen molar-refractivity contribution in [3.05, 3.63) is 33.8 Å². The largest absolute Gasteiger partial charge is 0.465 e. The van der Waals surface area contributed by atoms with Crippen molar-refractivity contribution in [3.63, 3.8) is 0 Å². The second-order valence-corrected chi connectivity index (χ2v) is 5.49. The summed E-state index contributed by atoms with van der Waals surface area (Å²) in [4.78, 5) is 14.6. The Kier molecular flexibility index (Phi) is 4.24. The zero-order valence-electron chi connectivity index (χ0n) is 10.4. The van der Waals surface area contributed by atoms with E-state index in [0.29, 0.717) is 13.1 Å². The predicted octanol–water partition coefficient (Wildman–Crippen LogP) is 2.55. The number of carbonyl (C=O) groups is 1. The van der Waals surface area contributed by atoms with Crippen molar-refractivity contribution in [1.29, 1.82) is 0 Å². The third-order valence-electron chi connectivity index (χ3n) is 3.24. The first-order valence-electron chi connectivity index (χ1n) is 6.01. The molecule has 4 nitrogen and oxygen atoms in total. The second kappa shape index (κ2) is 5.71. The van der Waals surface area contributed by atoms with Crippen LogP contribution < -0.4 is 0 Å². The molecule has 1 amide bonds. The maximum absolute atomic E-state index is 10.8. The first-order chi connectivity index (χ1) is 8.56. The van der Waals surface area contributed by atoms with Crippen molar-refractivity contribution in [2.45, 2.75) is 13.5 Å². The Morgan fingerprint density at radius 1 is 1.33 bits per heavy atom. The summed E-state index contributed by atoms with van der Waals surface area (Å²) in [6.07, 6.45) is -0.814. The van der Waals surface area contributed by atoms with E-state index in [0.717, 1.165) is 24.1 Å². The third-order valence-corrected chi connectivity index (χ3v) is 4.01. The van der Waals surface area contributed by atoms with Crippen LogP contribution in [0.3, 0.4) is 0 Å². The third kappa shape index (κ3) is 3.23. The fraction of sp³-hybridized carbons (Fsp3) is 0.462. The zero-order valence-corrected chi connectivity index (χ0v) is 12.0. The molecule has 0 spiro atoms. The highest BCUT2D eigenvalue weighted by atomic mass is 79.9. The highest BCUT2D eigenvalue weighted by molar-refractivity contribution is 9.10. The molecule has 1 heterocycles. The fourth-order valence-electron chi connectivity index (χ4n) is 2.16. The quantitative estimate of drug-likeness (QED) is 0.912. The van der Waals surface area contributed by atoms with Crippen molar-refractivity contribution in [3.8, 4) is 0 Å². The average Bonchev–Trinajstić information content (AvgIpc) is 2.34. The fourth-order valence-corrected chi connectivity index (χ4v) is 2.53. The maximum Gasteiger partial charge on any atom is 0.407 e. The van der Waals surface area contributed by atoms with Crippen LogP contribution in [0, 0.1) is 6.92 Å². The van der Waals surface area contributed by atoms with Crippen LogP contribution in [-0.2, 0) is 6.54 Å². The van der Waals surface area contributed by atoms with Crippen LogP contribution in [-0.4, -0.2) is 47.2 Å². The van der Waals surface area contributed by atoms with E-state index in [1.807, 2.05) is 0 Å². The lowest BCUT2D eigenvalue weighted by Crippen LogP contribution is -2.47. The Labute approximate surface area is 115 Å². The molecule has 0 saturated carbocycles. The maximum atomic E-state index is 10.8. The molecule has 1 saturated heterocycles. The van der Waals surface area contributed by atoms with E-state index in [-0.39, 0.29) is 0 Å². The summed E-state index contributed by atoms with van der Waals surface area (Å²) in [6.45, 7) is 5.74. The number of hydrogen-bond donors (Lipinski definition) is 1. The van der Waals surface area contributed by atoms with Gasteiger partial charge in [-0.2, -0.15) is 0 Å². The number of amides is 1. The molecule has 0 aliphatic carbocycles. The molecule has 1 aromatic carbocycles. The van der Waals surface area contributed by atoms with Crippen LogP contribution in [0.4, 0.5) is 4.79 Å². The van der Waals surface area contributed by atoms with Crippen molar-refractivity contribution in [1.82, 2.24) is 9.80 Å². The van der Waals surface area contributed by atoms with E-state index in [1.165, 1.54) is 16.0 Å². The summed E-state index contributed by atoms with van der Waals surface area (Å²) in [5.74, 6) is 0. The zero-order chi connectivity index (χ0) is 13.1. The average molecular weight is 313 g/mol. The molecule has 98 valence electrons. The molecule has 0 unspecified atom stereocenters. The minimum atomic E-state index is -0.814. The van der Waals surface area contributed by atoms with Gasteiger partial charge in [0.1, 0.15) is 0 Å². The van der Waals surface area contributed by atoms with Crippen LogP contribution in [0.25, 0.3) is 0 Å². The van der Waals surface area contributed by atoms with Crippen LogP contribution in [0.5, 0.6) is 0 Å². The molecule has 5 heteroatoms. The van der Waals surface area contributed by atoms with E-state index in [2.05, 4.69) is 46.0 Å². The number of hydrogen-bond acceptors (Lipinski definition) is 2. The summed E-state index contributed by atoms with van der Waals surface area (Å²) in [5.41, 5.74) is 2.51. The first kappa shape index (κ1) is 13.4. The summed E-state index contributed by atoms with van der Waals surface area (Å²) >= 11 is 3.56. The highest BCUT2D eigenvalue weighted by Crippen LogP contribution is 2.20. The van der Waals surface area contributed by atoms with Gasteiger partial charge in [-0.05, 0) is 18.6 Å². The lowest BCUT2D eigenvalue weighted by Gasteiger charge is -2.33. The van der Waals surface area contributed by atoms with Gasteiger partial charge in [0.2, 0.25) is 0 Å². The van der Waals surface area contributed by atoms with Crippen LogP contribution in [0.2, 0.25) is 0 Å². The predicted molar refractivity (Wildman–Crippen MR) is 73.8 cm³/mol. The van der Waals surface area contributed by atoms with Crippen LogP contribution in [0.1, 0.15) is 11.1 Å². The molecule has 1 aliphatic heterocycles. The van der Waals surface area contributed by atoms with Crippen LogP contribution in [0.15, 0.2) is 22.7 Å². The number of rotatable bonds is 2. The SMILES string of the molecule is Cc1ccc(Br)c(CN2CCN(C(=O)O)CC2)c1. The smallest absolute Gasteiger partial charge is 0.407 e. The molecule has 0 radical (unpaired) electrons. The Bertz CT molecular complexity index is 443. The summed E-state index contributed by atoms with van der Waals surface area (Å²) in [6, 6.07) is 6.32. The van der Waals surface area contributed by atoms with Crippen LogP contribution >= 0.6 is 15.9 Å². The van der Waals surface area contributed by atoms with E-state index in [9.17, 15) is 4.79 Å². The standard InChI is InChI=1S/C13H17BrN2O2/c1-10-2-3-12(14)11(8-10)9-15-4-6-16(7-5-15)13(17)18/h2-3,8H,4-7,9H2,1H3,(H,17,18). The van der Waals surface area contributed by atoms with Gasteiger partial charge in [-0.25, -0.2) is 4.79 Å². The van der Waals surface area contributed by atoms with Gasteiger partial charge in [0, 0.05) is 37.2 Å². The summed E-state index contributed by atoms with van der Waals surface area (Å²) in [7, 11) is 0. The Balaban J connectivity index is 1.95. The lowest BCUT2D eigenvalue weighted by molar-refractivity contribution is 0.103. The van der Waals surface area contributed by atoms with Gasteiger partial charge in [-0.15, -0.1) is 0 Å². The number of halogens is 1. The molecule has 1 N–H and O–H groups in total. The van der Waals surface area contributed by atoms with Crippen molar-refractivity contribution in [2.24, 2.45) is 0 Å². The number of benzene rings is 1. The normalized spacial score (nSPS) is 16.9. The van der Waals surface area contributed by atoms with Gasteiger partial charge < -0.3 is 10.0 Å². The molecule has 1 fully saturated rings. The van der Waals surface area contributed by atoms with Gasteiger partial charge in [-0.1, -0.05) is 33.6 Å². The first-order valence-corrected chi connectivity index (χ1v) is 6.81. The Morgan fingerprint density at radius 3 is 2.61 bits per heavy atom. The van der Waals surface area contributed by atoms with E-state index >= 15 is 0 Å². The summed E-state index contributed by atoms with van der Waals surface area (Å²) < 4.78 is 1.12. The monoisotopic (exact) mass is 312 g/mol. The number of carboxylic acid groups (broad SMARTS) is 1. The summed E-state index contributed by atoms with van der Waals surface area (Å²) in [5, 5.41) is 8.89. The van der Waals surface area contributed by atoms with Gasteiger partial charge in [0.05, 0.1) is 0 Å². The molecule has 1 aromatic rings. The van der Waals surface area contributed by atoms with E-state index in [1.54, 1.807) is 0 Å².